The van der Waals surface area contributed by atoms with Gasteiger partial charge in [-0.25, -0.2) is 0 Å². The van der Waals surface area contributed by atoms with Gasteiger partial charge in [0.25, 0.3) is 0 Å². The highest BCUT2D eigenvalue weighted by Gasteiger charge is 2.18. The molecule has 0 bridgehead atoms. The summed E-state index contributed by atoms with van der Waals surface area (Å²) < 4.78 is 0. The van der Waals surface area contributed by atoms with Crippen LogP contribution in [0.5, 0.6) is 0 Å². The number of nitrogens with one attached hydrogen (secondary N) is 1. The largest absolute Gasteiger partial charge is 0.281 e. The minimum atomic E-state index is 0.0901. The summed E-state index contributed by atoms with van der Waals surface area (Å²) in [5.41, 5.74) is 3.62. The van der Waals surface area contributed by atoms with E-state index in [4.69, 9.17) is 0 Å². The van der Waals surface area contributed by atoms with Crippen LogP contribution in [0.3, 0.4) is 0 Å². The van der Waals surface area contributed by atoms with E-state index in [0.29, 0.717) is 0 Å². The third-order valence-corrected chi connectivity index (χ3v) is 2.67. The van der Waals surface area contributed by atoms with Crippen LogP contribution in [0.25, 0.3) is 12.2 Å². The highest BCUT2D eigenvalue weighted by molar-refractivity contribution is 5.70. The van der Waals surface area contributed by atoms with E-state index in [1.54, 1.807) is 0 Å². The van der Waals surface area contributed by atoms with Crippen molar-refractivity contribution in [2.45, 2.75) is 26.2 Å². The van der Waals surface area contributed by atoms with Gasteiger partial charge in [-0.15, -0.1) is 0 Å². The Balaban J connectivity index is 2.26. The maximum atomic E-state index is 4.12. The molecule has 0 unspecified atom stereocenters. The van der Waals surface area contributed by atoms with Crippen molar-refractivity contribution in [3.8, 4) is 0 Å². The molecule has 1 heterocycles. The molecule has 0 aliphatic heterocycles. The quantitative estimate of drug-likeness (QED) is 0.827. The first-order chi connectivity index (χ1) is 8.07. The lowest BCUT2D eigenvalue weighted by Crippen LogP contribution is -2.13. The Labute approximate surface area is 102 Å². The Kier molecular flexibility index (Phi) is 3.14. The van der Waals surface area contributed by atoms with Crippen LogP contribution in [-0.4, -0.2) is 10.2 Å². The molecule has 1 aromatic heterocycles. The lowest BCUT2D eigenvalue weighted by Gasteiger charge is -2.17. The average molecular weight is 226 g/mol. The first kappa shape index (κ1) is 11.6. The van der Waals surface area contributed by atoms with E-state index >= 15 is 0 Å². The van der Waals surface area contributed by atoms with E-state index < -0.39 is 0 Å². The van der Waals surface area contributed by atoms with E-state index in [1.165, 1.54) is 11.3 Å². The number of nitrogens with zero attached hydrogens (tertiary/aromatic N) is 1. The van der Waals surface area contributed by atoms with Crippen LogP contribution in [0, 0.1) is 0 Å². The van der Waals surface area contributed by atoms with Crippen LogP contribution in [0.15, 0.2) is 36.5 Å². The van der Waals surface area contributed by atoms with Gasteiger partial charge in [0, 0.05) is 16.7 Å². The summed E-state index contributed by atoms with van der Waals surface area (Å²) >= 11 is 0. The van der Waals surface area contributed by atoms with Gasteiger partial charge in [0.05, 0.1) is 6.20 Å². The third kappa shape index (κ3) is 2.84. The maximum Gasteiger partial charge on any atom is 0.0562 e. The Hall–Kier alpha value is -1.83. The van der Waals surface area contributed by atoms with Gasteiger partial charge in [-0.1, -0.05) is 63.3 Å². The minimum Gasteiger partial charge on any atom is -0.281 e. The standard InChI is InChI=1S/C15H18N2/c1-15(2,3)14-13(11-16-17-14)10-9-12-7-5-4-6-8-12/h4-11H,1-3H3,(H,16,17)/b10-9+. The summed E-state index contributed by atoms with van der Waals surface area (Å²) in [5, 5.41) is 7.21. The van der Waals surface area contributed by atoms with Crippen LogP contribution >= 0.6 is 0 Å². The molecule has 0 fully saturated rings. The number of aromatic amines is 1. The number of hydrogen-bond acceptors (Lipinski definition) is 1. The van der Waals surface area contributed by atoms with Crippen LogP contribution < -0.4 is 0 Å². The van der Waals surface area contributed by atoms with E-state index in [1.807, 2.05) is 24.4 Å². The van der Waals surface area contributed by atoms with Crippen molar-refractivity contribution in [2.24, 2.45) is 0 Å². The molecule has 2 nitrogen and oxygen atoms in total. The van der Waals surface area contributed by atoms with Gasteiger partial charge < -0.3 is 0 Å². The molecule has 0 saturated carbocycles. The fraction of sp³-hybridized carbons (Fsp3) is 0.267. The van der Waals surface area contributed by atoms with Gasteiger partial charge >= 0.3 is 0 Å². The number of H-pyrrole nitrogens is 1. The molecule has 0 aliphatic rings. The van der Waals surface area contributed by atoms with Crippen molar-refractivity contribution < 1.29 is 0 Å². The monoisotopic (exact) mass is 226 g/mol. The number of benzene rings is 1. The second-order valence-corrected chi connectivity index (χ2v) is 5.19. The van der Waals surface area contributed by atoms with Crippen molar-refractivity contribution in [2.75, 3.05) is 0 Å². The fourth-order valence-corrected chi connectivity index (χ4v) is 1.77. The minimum absolute atomic E-state index is 0.0901. The second-order valence-electron chi connectivity index (χ2n) is 5.19. The van der Waals surface area contributed by atoms with Crippen LogP contribution in [0.2, 0.25) is 0 Å². The van der Waals surface area contributed by atoms with E-state index in [-0.39, 0.29) is 5.41 Å². The van der Waals surface area contributed by atoms with Crippen molar-refractivity contribution >= 4 is 12.2 Å². The van der Waals surface area contributed by atoms with Gasteiger partial charge in [-0.2, -0.15) is 5.10 Å². The zero-order chi connectivity index (χ0) is 12.3. The Bertz CT molecular complexity index is 501. The fourth-order valence-electron chi connectivity index (χ4n) is 1.77. The van der Waals surface area contributed by atoms with Gasteiger partial charge in [0.2, 0.25) is 0 Å². The normalized spacial score (nSPS) is 12.2. The van der Waals surface area contributed by atoms with Gasteiger partial charge in [-0.05, 0) is 5.56 Å². The molecule has 0 radical (unpaired) electrons. The maximum absolute atomic E-state index is 4.12. The van der Waals surface area contributed by atoms with Crippen LogP contribution in [0.4, 0.5) is 0 Å². The molecule has 0 saturated heterocycles. The van der Waals surface area contributed by atoms with Crippen molar-refractivity contribution in [1.82, 2.24) is 10.2 Å². The summed E-state index contributed by atoms with van der Waals surface area (Å²) in [6.07, 6.45) is 6.10. The molecule has 2 rings (SSSR count). The van der Waals surface area contributed by atoms with Gasteiger partial charge in [-0.3, -0.25) is 5.10 Å². The Morgan fingerprint density at radius 1 is 1.06 bits per heavy atom. The van der Waals surface area contributed by atoms with Crippen molar-refractivity contribution in [1.29, 1.82) is 0 Å². The predicted octanol–water partition coefficient (Wildman–Crippen LogP) is 3.88. The average Bonchev–Trinajstić information content (AvgIpc) is 2.75. The van der Waals surface area contributed by atoms with E-state index in [0.717, 1.165) is 5.56 Å². The smallest absolute Gasteiger partial charge is 0.0562 e. The van der Waals surface area contributed by atoms with Crippen LogP contribution in [-0.2, 0) is 5.41 Å². The van der Waals surface area contributed by atoms with Gasteiger partial charge in [0.1, 0.15) is 0 Å². The summed E-state index contributed by atoms with van der Waals surface area (Å²) in [6.45, 7) is 6.54. The first-order valence-electron chi connectivity index (χ1n) is 5.84. The molecule has 1 N–H and O–H groups in total. The highest BCUT2D eigenvalue weighted by Crippen LogP contribution is 2.24. The molecular formula is C15H18N2. The molecule has 88 valence electrons. The van der Waals surface area contributed by atoms with Crippen molar-refractivity contribution in [3.05, 3.63) is 53.3 Å². The molecule has 2 heteroatoms. The number of rotatable bonds is 2. The number of aromatic nitrogens is 2. The molecular weight excluding hydrogens is 208 g/mol. The SMILES string of the molecule is CC(C)(C)c1[nH]ncc1/C=C/c1ccccc1. The van der Waals surface area contributed by atoms with Crippen LogP contribution in [0.1, 0.15) is 37.6 Å². The molecule has 0 amide bonds. The molecule has 0 aliphatic carbocycles. The lowest BCUT2D eigenvalue weighted by atomic mass is 9.89. The zero-order valence-corrected chi connectivity index (χ0v) is 10.6. The summed E-state index contributed by atoms with van der Waals surface area (Å²) in [4.78, 5) is 0. The Morgan fingerprint density at radius 3 is 2.41 bits per heavy atom. The van der Waals surface area contributed by atoms with Gasteiger partial charge in [0.15, 0.2) is 0 Å². The molecule has 0 spiro atoms. The van der Waals surface area contributed by atoms with E-state index in [9.17, 15) is 0 Å². The second kappa shape index (κ2) is 4.58. The molecule has 0 atom stereocenters. The zero-order valence-electron chi connectivity index (χ0n) is 10.6. The topological polar surface area (TPSA) is 28.7 Å². The summed E-state index contributed by atoms with van der Waals surface area (Å²) in [5.74, 6) is 0. The van der Waals surface area contributed by atoms with Crippen molar-refractivity contribution in [3.63, 3.8) is 0 Å². The number of hydrogen-bond donors (Lipinski definition) is 1. The third-order valence-electron chi connectivity index (χ3n) is 2.67. The molecule has 17 heavy (non-hydrogen) atoms. The Morgan fingerprint density at radius 2 is 1.76 bits per heavy atom. The summed E-state index contributed by atoms with van der Waals surface area (Å²) in [7, 11) is 0. The molecule has 1 aromatic carbocycles. The molecule has 2 aromatic rings. The lowest BCUT2D eigenvalue weighted by molar-refractivity contribution is 0.566. The predicted molar refractivity (Wildman–Crippen MR) is 72.7 cm³/mol. The first-order valence-corrected chi connectivity index (χ1v) is 5.84. The highest BCUT2D eigenvalue weighted by atomic mass is 15.1. The van der Waals surface area contributed by atoms with E-state index in [2.05, 4.69) is 55.3 Å². The summed E-state index contributed by atoms with van der Waals surface area (Å²) in [6, 6.07) is 10.3.